The summed E-state index contributed by atoms with van der Waals surface area (Å²) in [6.45, 7) is 2.51. The molecule has 0 bridgehead atoms. The Morgan fingerprint density at radius 1 is 1.37 bits per heavy atom. The average molecular weight is 254 g/mol. The first-order chi connectivity index (χ1) is 9.29. The van der Waals surface area contributed by atoms with Crippen molar-refractivity contribution >= 4 is 16.9 Å². The summed E-state index contributed by atoms with van der Waals surface area (Å²) in [5.74, 6) is -0.0897. The van der Waals surface area contributed by atoms with Crippen molar-refractivity contribution in [3.8, 4) is 11.1 Å². The first-order valence-corrected chi connectivity index (χ1v) is 6.18. The number of amides is 1. The summed E-state index contributed by atoms with van der Waals surface area (Å²) < 4.78 is 0. The first-order valence-electron chi connectivity index (χ1n) is 6.18. The van der Waals surface area contributed by atoms with Crippen LogP contribution in [0.2, 0.25) is 0 Å². The smallest absolute Gasteiger partial charge is 0.267 e. The van der Waals surface area contributed by atoms with Crippen LogP contribution in [-0.4, -0.2) is 27.4 Å². The molecule has 0 aromatic carbocycles. The molecule has 0 aliphatic heterocycles. The summed E-state index contributed by atoms with van der Waals surface area (Å²) in [4.78, 5) is 22.1. The number of hydrogen-bond donors (Lipinski definition) is 3. The minimum Gasteiger partial charge on any atom is -0.357 e. The zero-order valence-electron chi connectivity index (χ0n) is 10.5. The lowest BCUT2D eigenvalue weighted by Crippen LogP contribution is -2.22. The Morgan fingerprint density at radius 2 is 2.26 bits per heavy atom. The lowest BCUT2D eigenvalue weighted by molar-refractivity contribution is 0.0951. The Morgan fingerprint density at radius 3 is 3.11 bits per heavy atom. The number of fused-ring (bicyclic) bond motifs is 1. The van der Waals surface area contributed by atoms with E-state index in [4.69, 9.17) is 0 Å². The highest BCUT2D eigenvalue weighted by atomic mass is 16.1. The van der Waals surface area contributed by atoms with Gasteiger partial charge in [0.25, 0.3) is 5.91 Å². The van der Waals surface area contributed by atoms with Gasteiger partial charge in [-0.25, -0.2) is 4.98 Å². The number of carbonyl (C=O) groups is 1. The molecule has 0 unspecified atom stereocenters. The van der Waals surface area contributed by atoms with E-state index in [0.717, 1.165) is 22.2 Å². The van der Waals surface area contributed by atoms with E-state index in [-0.39, 0.29) is 5.91 Å². The van der Waals surface area contributed by atoms with E-state index >= 15 is 0 Å². The second-order valence-electron chi connectivity index (χ2n) is 4.26. The van der Waals surface area contributed by atoms with Crippen molar-refractivity contribution < 1.29 is 4.79 Å². The van der Waals surface area contributed by atoms with E-state index in [1.165, 1.54) is 0 Å². The van der Waals surface area contributed by atoms with Crippen LogP contribution in [0.4, 0.5) is 0 Å². The highest BCUT2D eigenvalue weighted by Crippen LogP contribution is 2.27. The van der Waals surface area contributed by atoms with Gasteiger partial charge in [-0.2, -0.15) is 0 Å². The summed E-state index contributed by atoms with van der Waals surface area (Å²) in [6.07, 6.45) is 5.46. The van der Waals surface area contributed by atoms with Gasteiger partial charge in [0.15, 0.2) is 0 Å². The van der Waals surface area contributed by atoms with E-state index < -0.39 is 0 Å². The predicted octanol–water partition coefficient (Wildman–Crippen LogP) is 2.31. The SMILES string of the molecule is CCNC(=O)c1cc(-c2ccnc3[nH]ccc23)c[nH]1. The molecule has 0 aliphatic rings. The molecule has 0 radical (unpaired) electrons. The van der Waals surface area contributed by atoms with Crippen molar-refractivity contribution in [2.24, 2.45) is 0 Å². The normalized spacial score (nSPS) is 10.8. The van der Waals surface area contributed by atoms with Crippen LogP contribution in [0.5, 0.6) is 0 Å². The molecule has 3 N–H and O–H groups in total. The standard InChI is InChI=1S/C14H14N4O/c1-2-15-14(19)12-7-9(8-18-12)10-3-5-16-13-11(10)4-6-17-13/h3-8,18H,2H2,1H3,(H,15,19)(H,16,17). The predicted molar refractivity (Wildman–Crippen MR) is 73.9 cm³/mol. The summed E-state index contributed by atoms with van der Waals surface area (Å²) in [7, 11) is 0. The maximum Gasteiger partial charge on any atom is 0.267 e. The zero-order chi connectivity index (χ0) is 13.2. The van der Waals surface area contributed by atoms with E-state index in [1.807, 2.05) is 37.5 Å². The molecule has 3 aromatic heterocycles. The summed E-state index contributed by atoms with van der Waals surface area (Å²) in [6, 6.07) is 5.78. The van der Waals surface area contributed by atoms with Gasteiger partial charge in [-0.15, -0.1) is 0 Å². The Balaban J connectivity index is 2.03. The highest BCUT2D eigenvalue weighted by Gasteiger charge is 2.11. The molecule has 19 heavy (non-hydrogen) atoms. The maximum atomic E-state index is 11.7. The molecule has 96 valence electrons. The fourth-order valence-electron chi connectivity index (χ4n) is 2.15. The summed E-state index contributed by atoms with van der Waals surface area (Å²) >= 11 is 0. The van der Waals surface area contributed by atoms with Gasteiger partial charge in [-0.3, -0.25) is 4.79 Å². The molecule has 0 spiro atoms. The Kier molecular flexibility index (Phi) is 2.79. The largest absolute Gasteiger partial charge is 0.357 e. The molecular weight excluding hydrogens is 240 g/mol. The van der Waals surface area contributed by atoms with Crippen LogP contribution < -0.4 is 5.32 Å². The van der Waals surface area contributed by atoms with Crippen LogP contribution in [0, 0.1) is 0 Å². The molecule has 3 rings (SSSR count). The van der Waals surface area contributed by atoms with Crippen LogP contribution in [0.1, 0.15) is 17.4 Å². The molecule has 0 fully saturated rings. The lowest BCUT2D eigenvalue weighted by Gasteiger charge is -1.99. The van der Waals surface area contributed by atoms with Gasteiger partial charge in [0.2, 0.25) is 0 Å². The number of hydrogen-bond acceptors (Lipinski definition) is 2. The monoisotopic (exact) mass is 254 g/mol. The number of carbonyl (C=O) groups excluding carboxylic acids is 1. The van der Waals surface area contributed by atoms with E-state index in [1.54, 1.807) is 6.20 Å². The van der Waals surface area contributed by atoms with Crippen LogP contribution in [-0.2, 0) is 0 Å². The van der Waals surface area contributed by atoms with Gasteiger partial charge >= 0.3 is 0 Å². The van der Waals surface area contributed by atoms with Crippen molar-refractivity contribution in [2.45, 2.75) is 6.92 Å². The number of pyridine rings is 1. The number of H-pyrrole nitrogens is 2. The topological polar surface area (TPSA) is 73.6 Å². The van der Waals surface area contributed by atoms with Gasteiger partial charge in [-0.1, -0.05) is 0 Å². The number of nitrogens with one attached hydrogen (secondary N) is 3. The number of aromatic amines is 2. The van der Waals surface area contributed by atoms with Gasteiger partial charge < -0.3 is 15.3 Å². The fourth-order valence-corrected chi connectivity index (χ4v) is 2.15. The second-order valence-corrected chi connectivity index (χ2v) is 4.26. The minimum atomic E-state index is -0.0897. The molecule has 3 heterocycles. The molecule has 0 saturated heterocycles. The van der Waals surface area contributed by atoms with Gasteiger partial charge in [-0.05, 0) is 30.7 Å². The number of aromatic nitrogens is 3. The van der Waals surface area contributed by atoms with Gasteiger partial charge in [0.05, 0.1) is 0 Å². The third kappa shape index (κ3) is 1.99. The molecule has 5 nitrogen and oxygen atoms in total. The molecule has 5 heteroatoms. The first kappa shape index (κ1) is 11.5. The Hall–Kier alpha value is -2.56. The zero-order valence-corrected chi connectivity index (χ0v) is 10.5. The Labute approximate surface area is 110 Å². The molecule has 0 saturated carbocycles. The maximum absolute atomic E-state index is 11.7. The van der Waals surface area contributed by atoms with Crippen LogP contribution in [0.15, 0.2) is 36.8 Å². The van der Waals surface area contributed by atoms with Crippen LogP contribution in [0.25, 0.3) is 22.2 Å². The summed E-state index contributed by atoms with van der Waals surface area (Å²) in [5.41, 5.74) is 3.45. The Bertz CT molecular complexity index is 726. The van der Waals surface area contributed by atoms with E-state index in [0.29, 0.717) is 12.2 Å². The molecule has 0 atom stereocenters. The quantitative estimate of drug-likeness (QED) is 0.671. The molecule has 0 aliphatic carbocycles. The number of nitrogens with zero attached hydrogens (tertiary/aromatic N) is 1. The van der Waals surface area contributed by atoms with Crippen molar-refractivity contribution in [3.63, 3.8) is 0 Å². The third-order valence-electron chi connectivity index (χ3n) is 3.04. The molecule has 3 aromatic rings. The lowest BCUT2D eigenvalue weighted by atomic mass is 10.1. The van der Waals surface area contributed by atoms with Crippen molar-refractivity contribution in [2.75, 3.05) is 6.54 Å². The highest BCUT2D eigenvalue weighted by molar-refractivity contribution is 5.97. The molecular formula is C14H14N4O. The minimum absolute atomic E-state index is 0.0897. The third-order valence-corrected chi connectivity index (χ3v) is 3.04. The van der Waals surface area contributed by atoms with Crippen molar-refractivity contribution in [3.05, 3.63) is 42.5 Å². The average Bonchev–Trinajstić information content (AvgIpc) is 3.07. The van der Waals surface area contributed by atoms with Crippen molar-refractivity contribution in [1.82, 2.24) is 20.3 Å². The number of rotatable bonds is 3. The van der Waals surface area contributed by atoms with Crippen LogP contribution >= 0.6 is 0 Å². The van der Waals surface area contributed by atoms with E-state index in [9.17, 15) is 4.79 Å². The fraction of sp³-hybridized carbons (Fsp3) is 0.143. The summed E-state index contributed by atoms with van der Waals surface area (Å²) in [5, 5.41) is 3.82. The second kappa shape index (κ2) is 4.61. The van der Waals surface area contributed by atoms with Crippen LogP contribution in [0.3, 0.4) is 0 Å². The van der Waals surface area contributed by atoms with Crippen molar-refractivity contribution in [1.29, 1.82) is 0 Å². The van der Waals surface area contributed by atoms with Gasteiger partial charge in [0, 0.05) is 36.1 Å². The van der Waals surface area contributed by atoms with E-state index in [2.05, 4.69) is 20.3 Å². The molecule has 1 amide bonds. The van der Waals surface area contributed by atoms with Gasteiger partial charge in [0.1, 0.15) is 11.3 Å².